The minimum atomic E-state index is -0.0503. The van der Waals surface area contributed by atoms with Crippen molar-refractivity contribution in [2.45, 2.75) is 19.3 Å². The summed E-state index contributed by atoms with van der Waals surface area (Å²) in [5, 5.41) is 0.551. The Morgan fingerprint density at radius 3 is 2.64 bits per heavy atom. The Morgan fingerprint density at radius 1 is 1.11 bits per heavy atom. The number of benzene rings is 1. The SMILES string of the molecule is C=Cc1c(OCCN2CCCCC2)ccc2c(=O)cc(N3CCOCC3)oc12. The average molecular weight is 384 g/mol. The van der Waals surface area contributed by atoms with Gasteiger partial charge in [0.2, 0.25) is 0 Å². The molecule has 28 heavy (non-hydrogen) atoms. The van der Waals surface area contributed by atoms with E-state index in [0.717, 1.165) is 25.2 Å². The molecule has 6 nitrogen and oxygen atoms in total. The molecular weight excluding hydrogens is 356 g/mol. The van der Waals surface area contributed by atoms with Crippen LogP contribution in [0.2, 0.25) is 0 Å². The smallest absolute Gasteiger partial charge is 0.200 e. The first-order valence-corrected chi connectivity index (χ1v) is 10.2. The fourth-order valence-electron chi connectivity index (χ4n) is 3.94. The molecule has 2 fully saturated rings. The Kier molecular flexibility index (Phi) is 5.98. The first-order chi connectivity index (χ1) is 13.8. The summed E-state index contributed by atoms with van der Waals surface area (Å²) in [4.78, 5) is 17.1. The van der Waals surface area contributed by atoms with Gasteiger partial charge >= 0.3 is 0 Å². The number of fused-ring (bicyclic) bond motifs is 1. The lowest BCUT2D eigenvalue weighted by molar-refractivity contribution is 0.121. The molecule has 4 rings (SSSR count). The van der Waals surface area contributed by atoms with Gasteiger partial charge in [0, 0.05) is 25.7 Å². The fourth-order valence-corrected chi connectivity index (χ4v) is 3.94. The van der Waals surface area contributed by atoms with E-state index in [1.807, 2.05) is 11.0 Å². The third-order valence-electron chi connectivity index (χ3n) is 5.52. The Bertz CT molecular complexity index is 880. The maximum atomic E-state index is 12.6. The van der Waals surface area contributed by atoms with E-state index in [4.69, 9.17) is 13.9 Å². The first kappa shape index (κ1) is 19.0. The molecule has 0 unspecified atom stereocenters. The molecule has 150 valence electrons. The topological polar surface area (TPSA) is 55.2 Å². The third kappa shape index (κ3) is 4.08. The summed E-state index contributed by atoms with van der Waals surface area (Å²) in [6.07, 6.45) is 5.57. The van der Waals surface area contributed by atoms with E-state index in [1.165, 1.54) is 19.3 Å². The molecular formula is C22H28N2O4. The predicted octanol–water partition coefficient (Wildman–Crippen LogP) is 3.14. The van der Waals surface area contributed by atoms with Gasteiger partial charge < -0.3 is 18.8 Å². The van der Waals surface area contributed by atoms with E-state index >= 15 is 0 Å². The monoisotopic (exact) mass is 384 g/mol. The van der Waals surface area contributed by atoms with E-state index in [-0.39, 0.29) is 5.43 Å². The fraction of sp³-hybridized carbons (Fsp3) is 0.500. The highest BCUT2D eigenvalue weighted by Crippen LogP contribution is 2.30. The molecule has 1 aromatic carbocycles. The number of rotatable bonds is 6. The van der Waals surface area contributed by atoms with Gasteiger partial charge in [-0.25, -0.2) is 0 Å². The van der Waals surface area contributed by atoms with Crippen LogP contribution in [0.25, 0.3) is 17.0 Å². The van der Waals surface area contributed by atoms with Gasteiger partial charge in [-0.15, -0.1) is 0 Å². The molecule has 0 amide bonds. The lowest BCUT2D eigenvalue weighted by atomic mass is 10.1. The summed E-state index contributed by atoms with van der Waals surface area (Å²) in [6, 6.07) is 5.20. The van der Waals surface area contributed by atoms with Crippen LogP contribution in [0.5, 0.6) is 5.75 Å². The third-order valence-corrected chi connectivity index (χ3v) is 5.52. The first-order valence-electron chi connectivity index (χ1n) is 10.2. The molecule has 2 saturated heterocycles. The lowest BCUT2D eigenvalue weighted by Crippen LogP contribution is -2.36. The van der Waals surface area contributed by atoms with Crippen molar-refractivity contribution in [3.8, 4) is 5.75 Å². The van der Waals surface area contributed by atoms with Crippen LogP contribution < -0.4 is 15.1 Å². The van der Waals surface area contributed by atoms with Crippen LogP contribution in [-0.2, 0) is 4.74 Å². The van der Waals surface area contributed by atoms with E-state index in [2.05, 4.69) is 11.5 Å². The average Bonchev–Trinajstić information content (AvgIpc) is 2.75. The number of hydrogen-bond donors (Lipinski definition) is 0. The molecule has 3 heterocycles. The van der Waals surface area contributed by atoms with Crippen LogP contribution >= 0.6 is 0 Å². The molecule has 2 aromatic rings. The zero-order valence-corrected chi connectivity index (χ0v) is 16.3. The van der Waals surface area contributed by atoms with Crippen molar-refractivity contribution < 1.29 is 13.9 Å². The van der Waals surface area contributed by atoms with Crippen molar-refractivity contribution in [1.29, 1.82) is 0 Å². The second-order valence-electron chi connectivity index (χ2n) is 7.36. The van der Waals surface area contributed by atoms with Gasteiger partial charge in [0.15, 0.2) is 16.9 Å². The van der Waals surface area contributed by atoms with Crippen LogP contribution in [0.1, 0.15) is 24.8 Å². The maximum Gasteiger partial charge on any atom is 0.200 e. The molecule has 0 N–H and O–H groups in total. The summed E-state index contributed by atoms with van der Waals surface area (Å²) in [5.41, 5.74) is 1.23. The van der Waals surface area contributed by atoms with Crippen LogP contribution in [0.3, 0.4) is 0 Å². The van der Waals surface area contributed by atoms with E-state index < -0.39 is 0 Å². The molecule has 0 aliphatic carbocycles. The molecule has 0 atom stereocenters. The molecule has 1 aromatic heterocycles. The van der Waals surface area contributed by atoms with Crippen molar-refractivity contribution in [3.63, 3.8) is 0 Å². The maximum absolute atomic E-state index is 12.6. The molecule has 6 heteroatoms. The van der Waals surface area contributed by atoms with Crippen molar-refractivity contribution in [2.75, 3.05) is 57.4 Å². The van der Waals surface area contributed by atoms with Crippen molar-refractivity contribution in [3.05, 3.63) is 40.6 Å². The highest BCUT2D eigenvalue weighted by molar-refractivity contribution is 5.88. The molecule has 2 aliphatic heterocycles. The number of anilines is 1. The van der Waals surface area contributed by atoms with Gasteiger partial charge in [0.1, 0.15) is 12.4 Å². The standard InChI is InChI=1S/C22H28N2O4/c1-2-17-20(27-15-10-23-8-4-3-5-9-23)7-6-18-19(25)16-21(28-22(17)18)24-11-13-26-14-12-24/h2,6-7,16H,1,3-5,8-15H2. The molecule has 0 radical (unpaired) electrons. The Hall–Kier alpha value is -2.31. The Labute approximate surface area is 165 Å². The van der Waals surface area contributed by atoms with Gasteiger partial charge in [-0.2, -0.15) is 0 Å². The van der Waals surface area contributed by atoms with E-state index in [0.29, 0.717) is 55.5 Å². The summed E-state index contributed by atoms with van der Waals surface area (Å²) in [7, 11) is 0. The number of hydrogen-bond acceptors (Lipinski definition) is 6. The minimum Gasteiger partial charge on any atom is -0.491 e. The van der Waals surface area contributed by atoms with Gasteiger partial charge in [-0.05, 0) is 38.1 Å². The normalized spacial score (nSPS) is 18.4. The zero-order chi connectivity index (χ0) is 19.3. The highest BCUT2D eigenvalue weighted by Gasteiger charge is 2.18. The number of piperidine rings is 1. The zero-order valence-electron chi connectivity index (χ0n) is 16.3. The summed E-state index contributed by atoms with van der Waals surface area (Å²) < 4.78 is 17.6. The summed E-state index contributed by atoms with van der Waals surface area (Å²) in [5.74, 6) is 1.29. The Morgan fingerprint density at radius 2 is 1.89 bits per heavy atom. The molecule has 0 bridgehead atoms. The summed E-state index contributed by atoms with van der Waals surface area (Å²) in [6.45, 7) is 10.4. The number of likely N-dealkylation sites (tertiary alicyclic amines) is 1. The quantitative estimate of drug-likeness (QED) is 0.763. The number of ether oxygens (including phenoxy) is 2. The van der Waals surface area contributed by atoms with E-state index in [1.54, 1.807) is 18.2 Å². The number of morpholine rings is 1. The van der Waals surface area contributed by atoms with Gasteiger partial charge in [0.05, 0.1) is 24.2 Å². The minimum absolute atomic E-state index is 0.0503. The van der Waals surface area contributed by atoms with E-state index in [9.17, 15) is 4.79 Å². The Balaban J connectivity index is 1.58. The molecule has 2 aliphatic rings. The van der Waals surface area contributed by atoms with Crippen molar-refractivity contribution in [1.82, 2.24) is 4.90 Å². The van der Waals surface area contributed by atoms with Crippen LogP contribution in [0.15, 0.2) is 34.0 Å². The summed E-state index contributed by atoms with van der Waals surface area (Å²) >= 11 is 0. The van der Waals surface area contributed by atoms with Crippen molar-refractivity contribution >= 4 is 22.9 Å². The largest absolute Gasteiger partial charge is 0.491 e. The second kappa shape index (κ2) is 8.80. The predicted molar refractivity (Wildman–Crippen MR) is 111 cm³/mol. The highest BCUT2D eigenvalue weighted by atomic mass is 16.5. The van der Waals surface area contributed by atoms with Gasteiger partial charge in [-0.3, -0.25) is 9.69 Å². The number of nitrogens with zero attached hydrogens (tertiary/aromatic N) is 2. The van der Waals surface area contributed by atoms with Crippen LogP contribution in [0, 0.1) is 0 Å². The lowest BCUT2D eigenvalue weighted by Gasteiger charge is -2.27. The van der Waals surface area contributed by atoms with Gasteiger partial charge in [0.25, 0.3) is 0 Å². The van der Waals surface area contributed by atoms with Crippen LogP contribution in [0.4, 0.5) is 5.88 Å². The van der Waals surface area contributed by atoms with Gasteiger partial charge in [-0.1, -0.05) is 19.1 Å². The second-order valence-corrected chi connectivity index (χ2v) is 7.36. The van der Waals surface area contributed by atoms with Crippen molar-refractivity contribution in [2.24, 2.45) is 0 Å². The van der Waals surface area contributed by atoms with Crippen LogP contribution in [-0.4, -0.2) is 57.4 Å². The molecule has 0 saturated carbocycles. The molecule has 0 spiro atoms.